The summed E-state index contributed by atoms with van der Waals surface area (Å²) in [4.78, 5) is 10.5. The summed E-state index contributed by atoms with van der Waals surface area (Å²) in [5.74, 6) is 0.103. The van der Waals surface area contributed by atoms with Gasteiger partial charge in [-0.3, -0.25) is 4.79 Å². The smallest absolute Gasteiger partial charge is 0.152 e. The number of hydrogen-bond acceptors (Lipinski definition) is 1. The van der Waals surface area contributed by atoms with Crippen molar-refractivity contribution in [1.82, 2.24) is 0 Å². The van der Waals surface area contributed by atoms with Crippen LogP contribution in [-0.4, -0.2) is 5.78 Å². The molecule has 0 unspecified atom stereocenters. The maximum Gasteiger partial charge on any atom is 0.152 e. The van der Waals surface area contributed by atoms with Crippen LogP contribution >= 0.6 is 0 Å². The van der Waals surface area contributed by atoms with E-state index < -0.39 is 0 Å². The molecule has 0 bridgehead atoms. The second-order valence-corrected chi connectivity index (χ2v) is 2.70. The lowest BCUT2D eigenvalue weighted by molar-refractivity contribution is -0.112. The molecule has 62 valence electrons. The van der Waals surface area contributed by atoms with Crippen molar-refractivity contribution in [3.8, 4) is 0 Å². The number of ketones is 1. The predicted octanol–water partition coefficient (Wildman–Crippen LogP) is 2.37. The van der Waals surface area contributed by atoms with E-state index in [1.54, 1.807) is 13.0 Å². The number of hydrogen-bond donors (Lipinski definition) is 0. The van der Waals surface area contributed by atoms with Gasteiger partial charge >= 0.3 is 0 Å². The normalized spacial score (nSPS) is 10.4. The molecule has 0 fully saturated rings. The van der Waals surface area contributed by atoms with Gasteiger partial charge in [0, 0.05) is 0 Å². The Hall–Kier alpha value is -1.37. The van der Waals surface area contributed by atoms with Gasteiger partial charge in [-0.1, -0.05) is 36.4 Å². The van der Waals surface area contributed by atoms with Gasteiger partial charge in [0.25, 0.3) is 0 Å². The second kappa shape index (κ2) is 4.50. The van der Waals surface area contributed by atoms with Crippen LogP contribution in [0.25, 0.3) is 0 Å². The van der Waals surface area contributed by atoms with E-state index in [0.29, 0.717) is 0 Å². The van der Waals surface area contributed by atoms with Crippen molar-refractivity contribution in [2.24, 2.45) is 0 Å². The average Bonchev–Trinajstić information content (AvgIpc) is 2.05. The van der Waals surface area contributed by atoms with Gasteiger partial charge in [-0.05, 0) is 25.0 Å². The molecule has 0 radical (unpaired) electrons. The molecule has 0 spiro atoms. The molecule has 1 nitrogen and oxygen atoms in total. The van der Waals surface area contributed by atoms with Crippen LogP contribution in [0.3, 0.4) is 0 Å². The first kappa shape index (κ1) is 8.72. The summed E-state index contributed by atoms with van der Waals surface area (Å²) < 4.78 is 0. The first-order valence-corrected chi connectivity index (χ1v) is 4.00. The molecule has 0 aliphatic carbocycles. The summed E-state index contributed by atoms with van der Waals surface area (Å²) in [6, 6.07) is 10.1. The molecular formula is C11H12O. The zero-order chi connectivity index (χ0) is 8.81. The van der Waals surface area contributed by atoms with Crippen LogP contribution in [0, 0.1) is 0 Å². The molecule has 1 rings (SSSR count). The molecular weight excluding hydrogens is 148 g/mol. The molecule has 0 amide bonds. The molecule has 0 N–H and O–H groups in total. The third-order valence-corrected chi connectivity index (χ3v) is 1.55. The van der Waals surface area contributed by atoms with Crippen molar-refractivity contribution in [3.63, 3.8) is 0 Å². The van der Waals surface area contributed by atoms with Crippen molar-refractivity contribution >= 4 is 5.78 Å². The largest absolute Gasteiger partial charge is 0.295 e. The summed E-state index contributed by atoms with van der Waals surface area (Å²) in [5, 5.41) is 0. The van der Waals surface area contributed by atoms with Gasteiger partial charge in [-0.15, -0.1) is 0 Å². The van der Waals surface area contributed by atoms with E-state index >= 15 is 0 Å². The molecule has 1 heteroatoms. The monoisotopic (exact) mass is 160 g/mol. The number of rotatable bonds is 3. The molecule has 1 aromatic carbocycles. The number of benzene rings is 1. The van der Waals surface area contributed by atoms with Crippen LogP contribution in [0.2, 0.25) is 0 Å². The third-order valence-electron chi connectivity index (χ3n) is 1.55. The standard InChI is InChI=1S/C11H12O/c1-10(12)6-5-9-11-7-3-2-4-8-11/h2-8H,9H2,1H3. The Kier molecular flexibility index (Phi) is 3.27. The van der Waals surface area contributed by atoms with Crippen molar-refractivity contribution in [2.75, 3.05) is 0 Å². The molecule has 0 aliphatic rings. The fraction of sp³-hybridized carbons (Fsp3) is 0.182. The molecule has 0 aliphatic heterocycles. The number of allylic oxidation sites excluding steroid dienone is 2. The minimum absolute atomic E-state index is 0.103. The van der Waals surface area contributed by atoms with E-state index in [2.05, 4.69) is 0 Å². The lowest BCUT2D eigenvalue weighted by atomic mass is 10.1. The van der Waals surface area contributed by atoms with Crippen LogP contribution in [0.4, 0.5) is 0 Å². The minimum atomic E-state index is 0.103. The molecule has 12 heavy (non-hydrogen) atoms. The van der Waals surface area contributed by atoms with Gasteiger partial charge in [0.15, 0.2) is 5.78 Å². The zero-order valence-electron chi connectivity index (χ0n) is 7.16. The second-order valence-electron chi connectivity index (χ2n) is 2.70. The van der Waals surface area contributed by atoms with E-state index in [0.717, 1.165) is 6.42 Å². The highest BCUT2D eigenvalue weighted by Gasteiger charge is 1.86. The summed E-state index contributed by atoms with van der Waals surface area (Å²) >= 11 is 0. The van der Waals surface area contributed by atoms with Gasteiger partial charge in [0.05, 0.1) is 0 Å². The van der Waals surface area contributed by atoms with Crippen molar-refractivity contribution in [2.45, 2.75) is 13.3 Å². The molecule has 0 aromatic heterocycles. The van der Waals surface area contributed by atoms with E-state index in [1.165, 1.54) is 5.56 Å². The highest BCUT2D eigenvalue weighted by Crippen LogP contribution is 1.99. The fourth-order valence-corrected chi connectivity index (χ4v) is 0.975. The van der Waals surface area contributed by atoms with Gasteiger partial charge in [0.2, 0.25) is 0 Å². The SMILES string of the molecule is CC(=O)C=CCc1ccccc1. The summed E-state index contributed by atoms with van der Waals surface area (Å²) in [6.45, 7) is 1.56. The van der Waals surface area contributed by atoms with Gasteiger partial charge in [0.1, 0.15) is 0 Å². The van der Waals surface area contributed by atoms with Crippen molar-refractivity contribution in [3.05, 3.63) is 48.0 Å². The Labute approximate surface area is 72.7 Å². The average molecular weight is 160 g/mol. The fourth-order valence-electron chi connectivity index (χ4n) is 0.975. The Morgan fingerprint density at radius 3 is 2.58 bits per heavy atom. The van der Waals surface area contributed by atoms with E-state index in [-0.39, 0.29) is 5.78 Å². The van der Waals surface area contributed by atoms with E-state index in [4.69, 9.17) is 0 Å². The molecule has 0 saturated carbocycles. The Morgan fingerprint density at radius 1 is 1.33 bits per heavy atom. The quantitative estimate of drug-likeness (QED) is 0.620. The Morgan fingerprint density at radius 2 is 2.00 bits per heavy atom. The summed E-state index contributed by atoms with van der Waals surface area (Å²) in [7, 11) is 0. The third kappa shape index (κ3) is 3.15. The maximum absolute atomic E-state index is 10.5. The molecule has 0 heterocycles. The Balaban J connectivity index is 2.49. The molecule has 1 aromatic rings. The Bertz CT molecular complexity index is 272. The predicted molar refractivity (Wildman–Crippen MR) is 50.0 cm³/mol. The lowest BCUT2D eigenvalue weighted by Crippen LogP contribution is -1.83. The van der Waals surface area contributed by atoms with Gasteiger partial charge < -0.3 is 0 Å². The van der Waals surface area contributed by atoms with Gasteiger partial charge in [-0.25, -0.2) is 0 Å². The van der Waals surface area contributed by atoms with E-state index in [1.807, 2.05) is 36.4 Å². The van der Waals surface area contributed by atoms with Crippen LogP contribution in [-0.2, 0) is 11.2 Å². The van der Waals surface area contributed by atoms with Crippen LogP contribution < -0.4 is 0 Å². The first-order valence-electron chi connectivity index (χ1n) is 4.00. The van der Waals surface area contributed by atoms with Crippen LogP contribution in [0.1, 0.15) is 12.5 Å². The highest BCUT2D eigenvalue weighted by molar-refractivity contribution is 5.87. The van der Waals surface area contributed by atoms with Crippen molar-refractivity contribution < 1.29 is 4.79 Å². The summed E-state index contributed by atoms with van der Waals surface area (Å²) in [5.41, 5.74) is 1.23. The van der Waals surface area contributed by atoms with Crippen molar-refractivity contribution in [1.29, 1.82) is 0 Å². The topological polar surface area (TPSA) is 17.1 Å². The molecule has 0 saturated heterocycles. The van der Waals surface area contributed by atoms with E-state index in [9.17, 15) is 4.79 Å². The highest BCUT2D eigenvalue weighted by atomic mass is 16.1. The minimum Gasteiger partial charge on any atom is -0.295 e. The van der Waals surface area contributed by atoms with Gasteiger partial charge in [-0.2, -0.15) is 0 Å². The molecule has 0 atom stereocenters. The number of carbonyl (C=O) groups excluding carboxylic acids is 1. The zero-order valence-corrected chi connectivity index (χ0v) is 7.16. The first-order chi connectivity index (χ1) is 5.79. The summed E-state index contributed by atoms with van der Waals surface area (Å²) in [6.07, 6.45) is 4.32. The lowest BCUT2D eigenvalue weighted by Gasteiger charge is -1.92. The maximum atomic E-state index is 10.5. The number of carbonyl (C=O) groups is 1. The van der Waals surface area contributed by atoms with Crippen LogP contribution in [0.15, 0.2) is 42.5 Å². The van der Waals surface area contributed by atoms with Crippen LogP contribution in [0.5, 0.6) is 0 Å².